The number of hydrogen-bond donors (Lipinski definition) is 1. The number of hydrogen-bond acceptors (Lipinski definition) is 3. The molecule has 0 amide bonds. The number of aryl methyl sites for hydroxylation is 2. The van der Waals surface area contributed by atoms with Crippen LogP contribution in [0.25, 0.3) is 11.1 Å². The number of nitrogens with zero attached hydrogens (tertiary/aromatic N) is 1. The van der Waals surface area contributed by atoms with Crippen molar-refractivity contribution in [2.45, 2.75) is 25.7 Å². The van der Waals surface area contributed by atoms with Crippen LogP contribution in [0.5, 0.6) is 0 Å². The topological polar surface area (TPSA) is 58.5 Å². The summed E-state index contributed by atoms with van der Waals surface area (Å²) in [4.78, 5) is 2.60. The van der Waals surface area contributed by atoms with Gasteiger partial charge < -0.3 is 0 Å². The Bertz CT molecular complexity index is 1070. The Morgan fingerprint density at radius 2 is 1.48 bits per heavy atom. The molecule has 0 unspecified atom stereocenters. The van der Waals surface area contributed by atoms with Gasteiger partial charge in [0.15, 0.2) is 0 Å². The highest BCUT2D eigenvalue weighted by Crippen LogP contribution is 2.20. The van der Waals surface area contributed by atoms with Crippen LogP contribution in [0.4, 0.5) is 0 Å². The normalized spacial score (nSPS) is 12.0. The lowest BCUT2D eigenvalue weighted by molar-refractivity contribution is 0.583. The molecule has 3 aromatic carbocycles. The third-order valence-electron chi connectivity index (χ3n) is 4.38. The molecule has 1 N–H and O–H groups in total. The van der Waals surface area contributed by atoms with Crippen LogP contribution in [0.3, 0.4) is 0 Å². The van der Waals surface area contributed by atoms with Crippen molar-refractivity contribution in [3.05, 3.63) is 89.5 Å². The summed E-state index contributed by atoms with van der Waals surface area (Å²) >= 11 is 0. The minimum atomic E-state index is -3.71. The lowest BCUT2D eigenvalue weighted by Gasteiger charge is -2.09. The molecule has 27 heavy (non-hydrogen) atoms. The van der Waals surface area contributed by atoms with E-state index >= 15 is 0 Å². The second-order valence-corrected chi connectivity index (χ2v) is 8.13. The first-order valence-corrected chi connectivity index (χ1v) is 10.1. The van der Waals surface area contributed by atoms with Gasteiger partial charge in [-0.3, -0.25) is 0 Å². The van der Waals surface area contributed by atoms with E-state index < -0.39 is 10.0 Å². The third kappa shape index (κ3) is 4.44. The van der Waals surface area contributed by atoms with E-state index in [4.69, 9.17) is 0 Å². The van der Waals surface area contributed by atoms with Gasteiger partial charge in [-0.2, -0.15) is 18.4 Å². The molecule has 0 saturated heterocycles. The molecule has 0 aliphatic rings. The molecule has 0 atom stereocenters. The van der Waals surface area contributed by atoms with Crippen molar-refractivity contribution in [2.75, 3.05) is 0 Å². The summed E-state index contributed by atoms with van der Waals surface area (Å²) in [5.41, 5.74) is 5.27. The second kappa shape index (κ2) is 7.76. The molecular weight excluding hydrogens is 356 g/mol. The van der Waals surface area contributed by atoms with Gasteiger partial charge in [-0.05, 0) is 54.7 Å². The van der Waals surface area contributed by atoms with Gasteiger partial charge in [0.25, 0.3) is 10.0 Å². The van der Waals surface area contributed by atoms with E-state index in [1.54, 1.807) is 26.0 Å². The van der Waals surface area contributed by atoms with Crippen LogP contribution in [0.1, 0.15) is 23.6 Å². The first kappa shape index (κ1) is 18.9. The molecule has 0 aromatic heterocycles. The maximum Gasteiger partial charge on any atom is 0.276 e. The Balaban J connectivity index is 1.80. The van der Waals surface area contributed by atoms with Crippen molar-refractivity contribution in [1.82, 2.24) is 4.83 Å². The van der Waals surface area contributed by atoms with Gasteiger partial charge in [-0.1, -0.05) is 66.7 Å². The lowest BCUT2D eigenvalue weighted by Crippen LogP contribution is -2.21. The van der Waals surface area contributed by atoms with E-state index in [2.05, 4.69) is 9.93 Å². The molecular formula is C22H22N2O2S. The second-order valence-electron chi connectivity index (χ2n) is 6.50. The number of benzene rings is 3. The minimum Gasteiger partial charge on any atom is -0.200 e. The Morgan fingerprint density at radius 1 is 0.852 bits per heavy atom. The van der Waals surface area contributed by atoms with Crippen LogP contribution < -0.4 is 4.83 Å². The molecule has 3 rings (SSSR count). The Hall–Kier alpha value is -2.92. The molecule has 3 aromatic rings. The summed E-state index contributed by atoms with van der Waals surface area (Å²) in [6.45, 7) is 5.41. The van der Waals surface area contributed by atoms with E-state index in [1.165, 1.54) is 0 Å². The molecule has 0 radical (unpaired) electrons. The zero-order valence-corrected chi connectivity index (χ0v) is 16.4. The smallest absolute Gasteiger partial charge is 0.200 e. The van der Waals surface area contributed by atoms with Crippen LogP contribution in [-0.2, 0) is 10.0 Å². The van der Waals surface area contributed by atoms with E-state index in [-0.39, 0.29) is 4.90 Å². The van der Waals surface area contributed by atoms with Crippen LogP contribution in [0.2, 0.25) is 0 Å². The summed E-state index contributed by atoms with van der Waals surface area (Å²) in [7, 11) is -3.71. The maximum absolute atomic E-state index is 12.6. The molecule has 138 valence electrons. The van der Waals surface area contributed by atoms with Crippen LogP contribution in [0.15, 0.2) is 82.8 Å². The number of sulfonamides is 1. The summed E-state index contributed by atoms with van der Waals surface area (Å²) in [6, 6.07) is 23.3. The molecule has 0 fully saturated rings. The number of nitrogens with one attached hydrogen (secondary N) is 1. The molecule has 0 spiro atoms. The quantitative estimate of drug-likeness (QED) is 0.518. The Labute approximate surface area is 160 Å². The average Bonchev–Trinajstić information content (AvgIpc) is 2.69. The number of rotatable bonds is 5. The molecule has 0 bridgehead atoms. The van der Waals surface area contributed by atoms with Crippen molar-refractivity contribution >= 4 is 15.7 Å². The van der Waals surface area contributed by atoms with Crippen molar-refractivity contribution in [2.24, 2.45) is 5.10 Å². The Morgan fingerprint density at radius 3 is 2.15 bits per heavy atom. The van der Waals surface area contributed by atoms with Gasteiger partial charge in [-0.15, -0.1) is 0 Å². The monoisotopic (exact) mass is 378 g/mol. The molecule has 0 heterocycles. The van der Waals surface area contributed by atoms with Gasteiger partial charge >= 0.3 is 0 Å². The van der Waals surface area contributed by atoms with E-state index in [1.807, 2.05) is 67.6 Å². The highest BCUT2D eigenvalue weighted by atomic mass is 32.2. The van der Waals surface area contributed by atoms with Crippen molar-refractivity contribution in [1.29, 1.82) is 0 Å². The largest absolute Gasteiger partial charge is 0.276 e. The highest BCUT2D eigenvalue weighted by Gasteiger charge is 2.16. The SMILES string of the molecule is CC(=NNS(=O)(=O)c1cc(C)ccc1C)c1ccc(-c2ccccc2)cc1. The zero-order valence-electron chi connectivity index (χ0n) is 15.6. The fourth-order valence-electron chi connectivity index (χ4n) is 2.77. The van der Waals surface area contributed by atoms with Gasteiger partial charge in [0, 0.05) is 0 Å². The average molecular weight is 378 g/mol. The van der Waals surface area contributed by atoms with E-state index in [0.29, 0.717) is 11.3 Å². The molecule has 0 saturated carbocycles. The fourth-order valence-corrected chi connectivity index (χ4v) is 3.96. The summed E-state index contributed by atoms with van der Waals surface area (Å²) in [5.74, 6) is 0. The van der Waals surface area contributed by atoms with E-state index in [0.717, 1.165) is 22.3 Å². The number of hydrazone groups is 1. The fraction of sp³-hybridized carbons (Fsp3) is 0.136. The van der Waals surface area contributed by atoms with Gasteiger partial charge in [0.2, 0.25) is 0 Å². The van der Waals surface area contributed by atoms with Crippen LogP contribution in [-0.4, -0.2) is 14.1 Å². The van der Waals surface area contributed by atoms with Crippen molar-refractivity contribution < 1.29 is 8.42 Å². The predicted octanol–water partition coefficient (Wildman–Crippen LogP) is 4.67. The highest BCUT2D eigenvalue weighted by molar-refractivity contribution is 7.89. The first-order valence-electron chi connectivity index (χ1n) is 8.66. The summed E-state index contributed by atoms with van der Waals surface area (Å²) in [6.07, 6.45) is 0. The molecule has 5 heteroatoms. The summed E-state index contributed by atoms with van der Waals surface area (Å²) < 4.78 is 25.1. The molecule has 0 aliphatic carbocycles. The van der Waals surface area contributed by atoms with Gasteiger partial charge in [0.05, 0.1) is 10.6 Å². The Kier molecular flexibility index (Phi) is 5.42. The zero-order chi connectivity index (χ0) is 19.4. The van der Waals surface area contributed by atoms with Gasteiger partial charge in [0.1, 0.15) is 0 Å². The molecule has 4 nitrogen and oxygen atoms in total. The van der Waals surface area contributed by atoms with Crippen molar-refractivity contribution in [3.8, 4) is 11.1 Å². The molecule has 0 aliphatic heterocycles. The van der Waals surface area contributed by atoms with Gasteiger partial charge in [-0.25, -0.2) is 0 Å². The predicted molar refractivity (Wildman–Crippen MR) is 110 cm³/mol. The maximum atomic E-state index is 12.6. The third-order valence-corrected chi connectivity index (χ3v) is 5.73. The standard InChI is InChI=1S/C22H22N2O2S/c1-16-9-10-17(2)22(15-16)27(25,26)24-23-18(3)19-11-13-21(14-12-19)20-7-5-4-6-8-20/h4-15,24H,1-3H3. The minimum absolute atomic E-state index is 0.249. The lowest BCUT2D eigenvalue weighted by atomic mass is 10.0. The van der Waals surface area contributed by atoms with Crippen molar-refractivity contribution in [3.63, 3.8) is 0 Å². The van der Waals surface area contributed by atoms with E-state index in [9.17, 15) is 8.42 Å². The van der Waals surface area contributed by atoms with Crippen LogP contribution >= 0.6 is 0 Å². The summed E-state index contributed by atoms with van der Waals surface area (Å²) in [5, 5.41) is 4.09. The van der Waals surface area contributed by atoms with Crippen LogP contribution in [0, 0.1) is 13.8 Å². The first-order chi connectivity index (χ1) is 12.9.